The van der Waals surface area contributed by atoms with Crippen molar-refractivity contribution in [1.29, 1.82) is 0 Å². The molecule has 0 radical (unpaired) electrons. The van der Waals surface area contributed by atoms with E-state index in [0.29, 0.717) is 6.07 Å². The van der Waals surface area contributed by atoms with Gasteiger partial charge in [-0.2, -0.15) is 4.39 Å². The van der Waals surface area contributed by atoms with Crippen molar-refractivity contribution in [3.05, 3.63) is 61.8 Å². The molecule has 0 amide bonds. The molecule has 1 aromatic carbocycles. The van der Waals surface area contributed by atoms with Gasteiger partial charge in [-0.15, -0.1) is 11.3 Å². The van der Waals surface area contributed by atoms with E-state index in [-0.39, 0.29) is 18.2 Å². The first-order valence-corrected chi connectivity index (χ1v) is 7.30. The zero-order chi connectivity index (χ0) is 15.4. The number of rotatable bonds is 6. The van der Waals surface area contributed by atoms with Crippen LogP contribution in [-0.4, -0.2) is 4.92 Å². The van der Waals surface area contributed by atoms with Gasteiger partial charge >= 0.3 is 5.69 Å². The van der Waals surface area contributed by atoms with Crippen molar-refractivity contribution in [2.45, 2.75) is 25.9 Å². The fourth-order valence-corrected chi connectivity index (χ4v) is 2.91. The van der Waals surface area contributed by atoms with Gasteiger partial charge in [0, 0.05) is 35.2 Å². The largest absolute Gasteiger partial charge is 0.305 e. The highest BCUT2D eigenvalue weighted by Crippen LogP contribution is 2.24. The summed E-state index contributed by atoms with van der Waals surface area (Å²) in [6.07, 6.45) is 0.797. The molecular weight excluding hydrogens is 298 g/mol. The van der Waals surface area contributed by atoms with E-state index in [9.17, 15) is 18.9 Å². The molecule has 1 unspecified atom stereocenters. The highest BCUT2D eigenvalue weighted by Gasteiger charge is 2.19. The van der Waals surface area contributed by atoms with Gasteiger partial charge < -0.3 is 5.32 Å². The van der Waals surface area contributed by atoms with Gasteiger partial charge in [0.25, 0.3) is 0 Å². The SMILES string of the molecule is CCC(NCc1cc([N+](=O)[O-])c(F)cc1F)c1cccs1. The molecule has 0 saturated carbocycles. The van der Waals surface area contributed by atoms with Crippen LogP contribution >= 0.6 is 11.3 Å². The lowest BCUT2D eigenvalue weighted by atomic mass is 10.1. The maximum absolute atomic E-state index is 13.7. The molecule has 0 bridgehead atoms. The second-order valence-electron chi connectivity index (χ2n) is 4.51. The summed E-state index contributed by atoms with van der Waals surface area (Å²) in [7, 11) is 0. The number of nitro groups is 1. The molecule has 2 aromatic rings. The topological polar surface area (TPSA) is 55.2 Å². The van der Waals surface area contributed by atoms with Crippen molar-refractivity contribution in [3.8, 4) is 0 Å². The van der Waals surface area contributed by atoms with E-state index in [1.165, 1.54) is 0 Å². The second kappa shape index (κ2) is 6.73. The lowest BCUT2D eigenvalue weighted by Gasteiger charge is -2.15. The van der Waals surface area contributed by atoms with Crippen LogP contribution < -0.4 is 5.32 Å². The number of hydrogen-bond donors (Lipinski definition) is 1. The Balaban J connectivity index is 2.16. The van der Waals surface area contributed by atoms with Gasteiger partial charge in [0.2, 0.25) is 5.82 Å². The molecule has 1 aromatic heterocycles. The van der Waals surface area contributed by atoms with E-state index < -0.39 is 22.2 Å². The third-order valence-corrected chi connectivity index (χ3v) is 4.13. The number of halogens is 2. The van der Waals surface area contributed by atoms with Crippen LogP contribution in [0.25, 0.3) is 0 Å². The number of nitrogens with zero attached hydrogens (tertiary/aromatic N) is 1. The Morgan fingerprint density at radius 1 is 1.38 bits per heavy atom. The summed E-state index contributed by atoms with van der Waals surface area (Å²) in [6.45, 7) is 2.09. The fraction of sp³-hybridized carbons (Fsp3) is 0.286. The number of thiophene rings is 1. The number of benzene rings is 1. The van der Waals surface area contributed by atoms with Gasteiger partial charge in [0.1, 0.15) is 5.82 Å². The molecule has 7 heteroatoms. The molecule has 1 heterocycles. The monoisotopic (exact) mass is 312 g/mol. The highest BCUT2D eigenvalue weighted by molar-refractivity contribution is 7.10. The molecule has 112 valence electrons. The van der Waals surface area contributed by atoms with Crippen molar-refractivity contribution in [3.63, 3.8) is 0 Å². The Morgan fingerprint density at radius 2 is 2.14 bits per heavy atom. The van der Waals surface area contributed by atoms with Gasteiger partial charge in [-0.3, -0.25) is 10.1 Å². The molecule has 0 spiro atoms. The predicted molar refractivity (Wildman–Crippen MR) is 77.2 cm³/mol. The molecule has 0 aliphatic carbocycles. The molecular formula is C14H14F2N2O2S. The van der Waals surface area contributed by atoms with Crippen LogP contribution in [0.2, 0.25) is 0 Å². The molecule has 0 saturated heterocycles. The maximum Gasteiger partial charge on any atom is 0.305 e. The molecule has 1 atom stereocenters. The quantitative estimate of drug-likeness (QED) is 0.643. The van der Waals surface area contributed by atoms with Gasteiger partial charge in [0.15, 0.2) is 0 Å². The van der Waals surface area contributed by atoms with E-state index in [1.807, 2.05) is 24.4 Å². The third-order valence-electron chi connectivity index (χ3n) is 3.15. The number of nitro benzene ring substituents is 1. The minimum Gasteiger partial charge on any atom is -0.305 e. The Hall–Kier alpha value is -1.86. The Bertz CT molecular complexity index is 632. The number of nitrogens with one attached hydrogen (secondary N) is 1. The van der Waals surface area contributed by atoms with Crippen molar-refractivity contribution < 1.29 is 13.7 Å². The first kappa shape index (κ1) is 15.5. The second-order valence-corrected chi connectivity index (χ2v) is 5.49. The van der Waals surface area contributed by atoms with E-state index in [2.05, 4.69) is 5.32 Å². The average Bonchev–Trinajstić information content (AvgIpc) is 2.95. The Morgan fingerprint density at radius 3 is 2.71 bits per heavy atom. The zero-order valence-electron chi connectivity index (χ0n) is 11.3. The number of hydrogen-bond acceptors (Lipinski definition) is 4. The summed E-state index contributed by atoms with van der Waals surface area (Å²) in [5.74, 6) is -1.95. The normalized spacial score (nSPS) is 12.3. The third kappa shape index (κ3) is 3.62. The van der Waals surface area contributed by atoms with Gasteiger partial charge in [-0.05, 0) is 17.9 Å². The summed E-state index contributed by atoms with van der Waals surface area (Å²) in [4.78, 5) is 10.9. The van der Waals surface area contributed by atoms with Crippen LogP contribution in [0.4, 0.5) is 14.5 Å². The molecule has 21 heavy (non-hydrogen) atoms. The fourth-order valence-electron chi connectivity index (χ4n) is 2.03. The van der Waals surface area contributed by atoms with Crippen LogP contribution in [0.5, 0.6) is 0 Å². The highest BCUT2D eigenvalue weighted by atomic mass is 32.1. The van der Waals surface area contributed by atoms with Crippen LogP contribution in [0, 0.1) is 21.7 Å². The summed E-state index contributed by atoms with van der Waals surface area (Å²) < 4.78 is 27.0. The molecule has 0 aliphatic heterocycles. The lowest BCUT2D eigenvalue weighted by molar-refractivity contribution is -0.387. The van der Waals surface area contributed by atoms with Crippen molar-refractivity contribution in [1.82, 2.24) is 5.32 Å². The van der Waals surface area contributed by atoms with Gasteiger partial charge in [-0.25, -0.2) is 4.39 Å². The van der Waals surface area contributed by atoms with Crippen molar-refractivity contribution >= 4 is 17.0 Å². The van der Waals surface area contributed by atoms with E-state index in [1.54, 1.807) is 11.3 Å². The Labute approximate surface area is 124 Å². The van der Waals surface area contributed by atoms with Crippen molar-refractivity contribution in [2.75, 3.05) is 0 Å². The summed E-state index contributed by atoms with van der Waals surface area (Å²) in [5.41, 5.74) is -0.629. The Kier molecular flexibility index (Phi) is 4.98. The van der Waals surface area contributed by atoms with E-state index >= 15 is 0 Å². The van der Waals surface area contributed by atoms with Crippen LogP contribution in [-0.2, 0) is 6.54 Å². The molecule has 2 rings (SSSR count). The predicted octanol–water partition coefficient (Wildman–Crippen LogP) is 4.18. The molecule has 0 fully saturated rings. The van der Waals surface area contributed by atoms with E-state index in [0.717, 1.165) is 17.4 Å². The molecule has 4 nitrogen and oxygen atoms in total. The minimum atomic E-state index is -1.16. The summed E-state index contributed by atoms with van der Waals surface area (Å²) >= 11 is 1.58. The lowest BCUT2D eigenvalue weighted by Crippen LogP contribution is -2.20. The van der Waals surface area contributed by atoms with Gasteiger partial charge in [-0.1, -0.05) is 13.0 Å². The van der Waals surface area contributed by atoms with Gasteiger partial charge in [0.05, 0.1) is 4.92 Å². The minimum absolute atomic E-state index is 0.0357. The van der Waals surface area contributed by atoms with Crippen molar-refractivity contribution in [2.24, 2.45) is 0 Å². The van der Waals surface area contributed by atoms with Crippen LogP contribution in [0.1, 0.15) is 29.8 Å². The zero-order valence-corrected chi connectivity index (χ0v) is 12.1. The van der Waals surface area contributed by atoms with E-state index in [4.69, 9.17) is 0 Å². The first-order chi connectivity index (χ1) is 10.0. The average molecular weight is 312 g/mol. The molecule has 1 N–H and O–H groups in total. The first-order valence-electron chi connectivity index (χ1n) is 6.42. The summed E-state index contributed by atoms with van der Waals surface area (Å²) in [6, 6.07) is 5.43. The standard InChI is InChI=1S/C14H14F2N2O2S/c1-2-12(14-4-3-5-21-14)17-8-9-6-13(18(19)20)11(16)7-10(9)15/h3-7,12,17H,2,8H2,1H3. The van der Waals surface area contributed by atoms with Crippen LogP contribution in [0.15, 0.2) is 29.6 Å². The van der Waals surface area contributed by atoms with Crippen LogP contribution in [0.3, 0.4) is 0 Å². The molecule has 0 aliphatic rings. The maximum atomic E-state index is 13.7. The summed E-state index contributed by atoms with van der Waals surface area (Å²) in [5, 5.41) is 15.8. The smallest absolute Gasteiger partial charge is 0.305 e.